The number of nitrogen functional groups attached to an aromatic ring is 1. The van der Waals surface area contributed by atoms with Gasteiger partial charge in [-0.1, -0.05) is 6.07 Å². The second-order valence-electron chi connectivity index (χ2n) is 5.57. The molecule has 1 aliphatic rings. The predicted octanol–water partition coefficient (Wildman–Crippen LogP) is 3.50. The smallest absolute Gasteiger partial charge is 0.278 e. The highest BCUT2D eigenvalue weighted by Crippen LogP contribution is 2.42. The number of anilines is 2. The number of aromatic amines is 1. The molecule has 0 aliphatic heterocycles. The Balaban J connectivity index is 1.87. The topological polar surface area (TPSA) is 83.8 Å². The Morgan fingerprint density at radius 2 is 2.14 bits per heavy atom. The lowest BCUT2D eigenvalue weighted by Gasteiger charge is -2.11. The summed E-state index contributed by atoms with van der Waals surface area (Å²) in [6, 6.07) is 3.98. The van der Waals surface area contributed by atoms with Gasteiger partial charge in [-0.2, -0.15) is 5.10 Å². The molecule has 0 spiro atoms. The van der Waals surface area contributed by atoms with Crippen LogP contribution in [0.25, 0.3) is 0 Å². The number of hydrogen-bond donors (Lipinski definition) is 3. The van der Waals surface area contributed by atoms with E-state index in [-0.39, 0.29) is 11.6 Å². The van der Waals surface area contributed by atoms with Crippen LogP contribution in [0.1, 0.15) is 46.1 Å². The van der Waals surface area contributed by atoms with E-state index in [0.29, 0.717) is 11.6 Å². The summed E-state index contributed by atoms with van der Waals surface area (Å²) in [5.41, 5.74) is 10.5. The fraction of sp³-hybridized carbons (Fsp3) is 0.333. The lowest BCUT2D eigenvalue weighted by Crippen LogP contribution is -2.15. The van der Waals surface area contributed by atoms with Crippen molar-refractivity contribution in [3.8, 4) is 0 Å². The summed E-state index contributed by atoms with van der Waals surface area (Å²) < 4.78 is 0.852. The van der Waals surface area contributed by atoms with Gasteiger partial charge in [0.25, 0.3) is 5.91 Å². The van der Waals surface area contributed by atoms with Crippen LogP contribution in [-0.2, 0) is 0 Å². The first-order valence-electron chi connectivity index (χ1n) is 6.89. The molecule has 1 saturated carbocycles. The van der Waals surface area contributed by atoms with Crippen molar-refractivity contribution in [2.24, 2.45) is 0 Å². The minimum Gasteiger partial charge on any atom is -0.395 e. The molecule has 2 aromatic rings. The molecule has 6 heteroatoms. The molecule has 0 saturated heterocycles. The molecule has 1 aromatic carbocycles. The standard InChI is InChI=1S/C15H17BrN4O/c1-7-5-8(2)12(10(16)6-7)18-15(21)14-11(17)13(19-20-14)9-3-4-9/h5-6,9H,3-4,17H2,1-2H3,(H,18,21)(H,19,20). The Morgan fingerprint density at radius 1 is 1.43 bits per heavy atom. The summed E-state index contributed by atoms with van der Waals surface area (Å²) in [5.74, 6) is 0.148. The van der Waals surface area contributed by atoms with Crippen LogP contribution in [0.2, 0.25) is 0 Å². The summed E-state index contributed by atoms with van der Waals surface area (Å²) in [7, 11) is 0. The minimum absolute atomic E-state index is 0.267. The molecule has 4 N–H and O–H groups in total. The Hall–Kier alpha value is -1.82. The van der Waals surface area contributed by atoms with Gasteiger partial charge in [-0.05, 0) is 59.8 Å². The lowest BCUT2D eigenvalue weighted by molar-refractivity contribution is 0.102. The maximum atomic E-state index is 12.4. The molecule has 5 nitrogen and oxygen atoms in total. The summed E-state index contributed by atoms with van der Waals surface area (Å²) in [5, 5.41) is 9.85. The molecule has 3 rings (SSSR count). The number of carbonyl (C=O) groups is 1. The molecule has 110 valence electrons. The van der Waals surface area contributed by atoms with Crippen molar-refractivity contribution in [1.29, 1.82) is 0 Å². The average Bonchev–Trinajstić information content (AvgIpc) is 3.17. The highest BCUT2D eigenvalue weighted by atomic mass is 79.9. The van der Waals surface area contributed by atoms with Crippen LogP contribution in [0.4, 0.5) is 11.4 Å². The second kappa shape index (κ2) is 5.18. The zero-order valence-corrected chi connectivity index (χ0v) is 13.5. The van der Waals surface area contributed by atoms with E-state index < -0.39 is 0 Å². The van der Waals surface area contributed by atoms with Gasteiger partial charge in [0.05, 0.1) is 17.1 Å². The number of nitrogens with one attached hydrogen (secondary N) is 2. The van der Waals surface area contributed by atoms with Crippen LogP contribution in [0.15, 0.2) is 16.6 Å². The SMILES string of the molecule is Cc1cc(C)c(NC(=O)c2n[nH]c(C3CC3)c2N)c(Br)c1. The fourth-order valence-corrected chi connectivity index (χ4v) is 3.24. The number of halogens is 1. The van der Waals surface area contributed by atoms with Crippen molar-refractivity contribution in [3.63, 3.8) is 0 Å². The van der Waals surface area contributed by atoms with Gasteiger partial charge in [0, 0.05) is 10.4 Å². The van der Waals surface area contributed by atoms with Gasteiger partial charge >= 0.3 is 0 Å². The molecule has 0 atom stereocenters. The normalized spacial score (nSPS) is 14.2. The number of H-pyrrole nitrogens is 1. The summed E-state index contributed by atoms with van der Waals surface area (Å²) in [6.45, 7) is 3.97. The van der Waals surface area contributed by atoms with Crippen molar-refractivity contribution >= 4 is 33.2 Å². The van der Waals surface area contributed by atoms with E-state index in [1.54, 1.807) is 0 Å². The highest BCUT2D eigenvalue weighted by Gasteiger charge is 2.30. The summed E-state index contributed by atoms with van der Waals surface area (Å²) in [4.78, 5) is 12.4. The lowest BCUT2D eigenvalue weighted by atomic mass is 10.1. The molecule has 1 aromatic heterocycles. The molecule has 1 fully saturated rings. The van der Waals surface area contributed by atoms with Crippen LogP contribution in [0.5, 0.6) is 0 Å². The number of rotatable bonds is 3. The Morgan fingerprint density at radius 3 is 2.76 bits per heavy atom. The van der Waals surface area contributed by atoms with Crippen LogP contribution < -0.4 is 11.1 Å². The van der Waals surface area contributed by atoms with Gasteiger partial charge in [0.1, 0.15) is 0 Å². The molecular weight excluding hydrogens is 332 g/mol. The number of amides is 1. The van der Waals surface area contributed by atoms with E-state index in [9.17, 15) is 4.79 Å². The van der Waals surface area contributed by atoms with E-state index in [1.165, 1.54) is 0 Å². The first kappa shape index (κ1) is 14.1. The average molecular weight is 349 g/mol. The van der Waals surface area contributed by atoms with E-state index in [0.717, 1.165) is 39.8 Å². The number of nitrogens with zero attached hydrogens (tertiary/aromatic N) is 1. The van der Waals surface area contributed by atoms with Gasteiger partial charge in [-0.25, -0.2) is 0 Å². The number of carbonyl (C=O) groups excluding carboxylic acids is 1. The highest BCUT2D eigenvalue weighted by molar-refractivity contribution is 9.10. The fourth-order valence-electron chi connectivity index (χ4n) is 2.47. The molecule has 0 radical (unpaired) electrons. The molecular formula is C15H17BrN4O. The molecule has 1 aliphatic carbocycles. The molecule has 0 unspecified atom stereocenters. The number of hydrogen-bond acceptors (Lipinski definition) is 3. The van der Waals surface area contributed by atoms with E-state index in [1.807, 2.05) is 26.0 Å². The van der Waals surface area contributed by atoms with E-state index >= 15 is 0 Å². The van der Waals surface area contributed by atoms with Gasteiger partial charge in [0.15, 0.2) is 5.69 Å². The van der Waals surface area contributed by atoms with Crippen LogP contribution in [0, 0.1) is 13.8 Å². The number of nitrogens with two attached hydrogens (primary N) is 1. The number of aromatic nitrogens is 2. The first-order valence-corrected chi connectivity index (χ1v) is 7.68. The third-order valence-electron chi connectivity index (χ3n) is 3.70. The first-order chi connectivity index (χ1) is 9.97. The zero-order chi connectivity index (χ0) is 15.1. The van der Waals surface area contributed by atoms with Gasteiger partial charge in [-0.15, -0.1) is 0 Å². The van der Waals surface area contributed by atoms with Crippen LogP contribution in [-0.4, -0.2) is 16.1 Å². The Bertz CT molecular complexity index is 695. The number of aryl methyl sites for hydroxylation is 2. The van der Waals surface area contributed by atoms with Crippen molar-refractivity contribution in [3.05, 3.63) is 39.1 Å². The Kier molecular flexibility index (Phi) is 3.49. The van der Waals surface area contributed by atoms with E-state index in [2.05, 4.69) is 31.4 Å². The second-order valence-corrected chi connectivity index (χ2v) is 6.42. The largest absolute Gasteiger partial charge is 0.395 e. The molecule has 0 bridgehead atoms. The third-order valence-corrected chi connectivity index (χ3v) is 4.33. The van der Waals surface area contributed by atoms with Crippen molar-refractivity contribution in [2.45, 2.75) is 32.6 Å². The monoisotopic (exact) mass is 348 g/mol. The predicted molar refractivity (Wildman–Crippen MR) is 86.5 cm³/mol. The van der Waals surface area contributed by atoms with Gasteiger partial charge < -0.3 is 11.1 Å². The molecule has 21 heavy (non-hydrogen) atoms. The maximum absolute atomic E-state index is 12.4. The maximum Gasteiger partial charge on any atom is 0.278 e. The summed E-state index contributed by atoms with van der Waals surface area (Å²) >= 11 is 3.48. The Labute approximate surface area is 131 Å². The van der Waals surface area contributed by atoms with Crippen LogP contribution >= 0.6 is 15.9 Å². The zero-order valence-electron chi connectivity index (χ0n) is 12.0. The van der Waals surface area contributed by atoms with Crippen molar-refractivity contribution in [1.82, 2.24) is 10.2 Å². The van der Waals surface area contributed by atoms with Gasteiger partial charge in [0.2, 0.25) is 0 Å². The third kappa shape index (κ3) is 2.68. The van der Waals surface area contributed by atoms with Crippen molar-refractivity contribution in [2.75, 3.05) is 11.1 Å². The van der Waals surface area contributed by atoms with E-state index in [4.69, 9.17) is 5.73 Å². The van der Waals surface area contributed by atoms with Gasteiger partial charge in [-0.3, -0.25) is 9.89 Å². The molecule has 1 amide bonds. The quantitative estimate of drug-likeness (QED) is 0.793. The van der Waals surface area contributed by atoms with Crippen molar-refractivity contribution < 1.29 is 4.79 Å². The minimum atomic E-state index is -0.289. The van der Waals surface area contributed by atoms with Crippen LogP contribution in [0.3, 0.4) is 0 Å². The molecule has 1 heterocycles. The number of benzene rings is 1. The summed E-state index contributed by atoms with van der Waals surface area (Å²) in [6.07, 6.45) is 2.21.